The summed E-state index contributed by atoms with van der Waals surface area (Å²) in [5, 5.41) is 3.13. The molecule has 1 saturated heterocycles. The van der Waals surface area contributed by atoms with Crippen molar-refractivity contribution < 1.29 is 13.6 Å². The number of likely N-dealkylation sites (tertiary alicyclic amines) is 1. The topological polar surface area (TPSA) is 32.3 Å². The van der Waals surface area contributed by atoms with Crippen molar-refractivity contribution in [2.24, 2.45) is 5.92 Å². The van der Waals surface area contributed by atoms with Gasteiger partial charge in [-0.25, -0.2) is 8.78 Å². The Kier molecular flexibility index (Phi) is 5.35. The first-order valence-corrected chi connectivity index (χ1v) is 7.86. The molecule has 5 heteroatoms. The summed E-state index contributed by atoms with van der Waals surface area (Å²) in [5.41, 5.74) is 0. The van der Waals surface area contributed by atoms with Crippen molar-refractivity contribution >= 4 is 5.91 Å². The maximum absolute atomic E-state index is 13.2. The van der Waals surface area contributed by atoms with Crippen LogP contribution in [0.15, 0.2) is 0 Å². The Morgan fingerprint density at radius 3 is 2.60 bits per heavy atom. The summed E-state index contributed by atoms with van der Waals surface area (Å²) in [5.74, 6) is -2.60. The van der Waals surface area contributed by atoms with Gasteiger partial charge in [-0.2, -0.15) is 0 Å². The molecule has 2 fully saturated rings. The van der Waals surface area contributed by atoms with Crippen LogP contribution in [0, 0.1) is 5.92 Å². The minimum absolute atomic E-state index is 0.126. The van der Waals surface area contributed by atoms with Crippen LogP contribution in [0.5, 0.6) is 0 Å². The minimum Gasteiger partial charge on any atom is -0.339 e. The third-order valence-electron chi connectivity index (χ3n) is 4.70. The number of nitrogens with zero attached hydrogens (tertiary/aromatic N) is 1. The molecule has 1 heterocycles. The van der Waals surface area contributed by atoms with Crippen molar-refractivity contribution in [3.05, 3.63) is 0 Å². The molecule has 1 atom stereocenters. The van der Waals surface area contributed by atoms with Gasteiger partial charge in [0.15, 0.2) is 0 Å². The third kappa shape index (κ3) is 3.90. The van der Waals surface area contributed by atoms with E-state index in [-0.39, 0.29) is 24.7 Å². The predicted molar refractivity (Wildman–Crippen MR) is 74.8 cm³/mol. The highest BCUT2D eigenvalue weighted by atomic mass is 19.3. The van der Waals surface area contributed by atoms with Crippen LogP contribution in [-0.4, -0.2) is 42.9 Å². The Morgan fingerprint density at radius 2 is 1.95 bits per heavy atom. The van der Waals surface area contributed by atoms with Gasteiger partial charge in [0, 0.05) is 31.3 Å². The van der Waals surface area contributed by atoms with E-state index in [2.05, 4.69) is 5.32 Å². The zero-order chi connectivity index (χ0) is 14.6. The molecule has 1 aliphatic carbocycles. The normalized spacial score (nSPS) is 27.6. The summed E-state index contributed by atoms with van der Waals surface area (Å²) in [6.07, 6.45) is 4.67. The Labute approximate surface area is 120 Å². The number of halogens is 2. The summed E-state index contributed by atoms with van der Waals surface area (Å²) < 4.78 is 26.4. The number of nitrogens with one attached hydrogen (secondary N) is 1. The van der Waals surface area contributed by atoms with Gasteiger partial charge in [0.2, 0.25) is 11.8 Å². The fraction of sp³-hybridized carbons (Fsp3) is 0.933. The van der Waals surface area contributed by atoms with Gasteiger partial charge >= 0.3 is 0 Å². The molecule has 0 aromatic carbocycles. The van der Waals surface area contributed by atoms with Gasteiger partial charge in [0.1, 0.15) is 0 Å². The molecule has 1 unspecified atom stereocenters. The van der Waals surface area contributed by atoms with E-state index in [1.165, 1.54) is 6.42 Å². The van der Waals surface area contributed by atoms with Crippen molar-refractivity contribution in [2.75, 3.05) is 20.1 Å². The Morgan fingerprint density at radius 1 is 1.25 bits per heavy atom. The second-order valence-electron chi connectivity index (χ2n) is 6.20. The lowest BCUT2D eigenvalue weighted by Gasteiger charge is -2.39. The van der Waals surface area contributed by atoms with Crippen molar-refractivity contribution in [2.45, 2.75) is 63.3 Å². The number of carbonyl (C=O) groups is 1. The van der Waals surface area contributed by atoms with Crippen molar-refractivity contribution in [1.29, 1.82) is 0 Å². The fourth-order valence-corrected chi connectivity index (χ4v) is 3.42. The molecule has 2 rings (SSSR count). The summed E-state index contributed by atoms with van der Waals surface area (Å²) in [4.78, 5) is 14.6. The van der Waals surface area contributed by atoms with E-state index >= 15 is 0 Å². The van der Waals surface area contributed by atoms with E-state index in [1.807, 2.05) is 11.9 Å². The molecular weight excluding hydrogens is 262 g/mol. The average molecular weight is 288 g/mol. The SMILES string of the molecule is CNCCC1CCCCN1C(=O)C1CCC(F)(F)CC1. The van der Waals surface area contributed by atoms with Crippen LogP contribution < -0.4 is 5.32 Å². The summed E-state index contributed by atoms with van der Waals surface area (Å²) in [7, 11) is 1.91. The Bertz CT molecular complexity index is 326. The van der Waals surface area contributed by atoms with Gasteiger partial charge in [-0.05, 0) is 52.1 Å². The monoisotopic (exact) mass is 288 g/mol. The summed E-state index contributed by atoms with van der Waals surface area (Å²) >= 11 is 0. The lowest BCUT2D eigenvalue weighted by molar-refractivity contribution is -0.143. The van der Waals surface area contributed by atoms with Gasteiger partial charge in [-0.1, -0.05) is 0 Å². The highest BCUT2D eigenvalue weighted by Gasteiger charge is 2.39. The molecule has 20 heavy (non-hydrogen) atoms. The van der Waals surface area contributed by atoms with Crippen LogP contribution in [0.2, 0.25) is 0 Å². The molecule has 1 saturated carbocycles. The number of alkyl halides is 2. The number of carbonyl (C=O) groups excluding carboxylic acids is 1. The molecule has 0 aromatic rings. The van der Waals surface area contributed by atoms with E-state index < -0.39 is 5.92 Å². The summed E-state index contributed by atoms with van der Waals surface area (Å²) in [6, 6.07) is 0.297. The zero-order valence-corrected chi connectivity index (χ0v) is 12.3. The zero-order valence-electron chi connectivity index (χ0n) is 12.3. The van der Waals surface area contributed by atoms with Crippen LogP contribution in [0.3, 0.4) is 0 Å². The number of rotatable bonds is 4. The molecule has 1 N–H and O–H groups in total. The van der Waals surface area contributed by atoms with Crippen LogP contribution in [0.25, 0.3) is 0 Å². The summed E-state index contributed by atoms with van der Waals surface area (Å²) in [6.45, 7) is 1.71. The van der Waals surface area contributed by atoms with Crippen LogP contribution in [0.4, 0.5) is 8.78 Å². The molecule has 0 bridgehead atoms. The van der Waals surface area contributed by atoms with E-state index in [9.17, 15) is 13.6 Å². The van der Waals surface area contributed by atoms with Crippen molar-refractivity contribution in [3.8, 4) is 0 Å². The number of hydrogen-bond donors (Lipinski definition) is 1. The maximum atomic E-state index is 13.2. The molecule has 0 aromatic heterocycles. The van der Waals surface area contributed by atoms with E-state index in [4.69, 9.17) is 0 Å². The molecule has 2 aliphatic rings. The Hall–Kier alpha value is -0.710. The average Bonchev–Trinajstić information content (AvgIpc) is 2.45. The Balaban J connectivity index is 1.92. The lowest BCUT2D eigenvalue weighted by Crippen LogP contribution is -2.48. The van der Waals surface area contributed by atoms with Crippen molar-refractivity contribution in [1.82, 2.24) is 10.2 Å². The first-order valence-electron chi connectivity index (χ1n) is 7.86. The first-order chi connectivity index (χ1) is 9.53. The van der Waals surface area contributed by atoms with Gasteiger partial charge in [0.25, 0.3) is 0 Å². The largest absolute Gasteiger partial charge is 0.339 e. The van der Waals surface area contributed by atoms with E-state index in [0.717, 1.165) is 32.4 Å². The van der Waals surface area contributed by atoms with Crippen LogP contribution in [0.1, 0.15) is 51.4 Å². The van der Waals surface area contributed by atoms with Crippen molar-refractivity contribution in [3.63, 3.8) is 0 Å². The second-order valence-corrected chi connectivity index (χ2v) is 6.20. The maximum Gasteiger partial charge on any atom is 0.248 e. The number of amides is 1. The molecular formula is C15H26F2N2O. The van der Waals surface area contributed by atoms with Gasteiger partial charge < -0.3 is 10.2 Å². The smallest absolute Gasteiger partial charge is 0.248 e. The number of hydrogen-bond acceptors (Lipinski definition) is 2. The van der Waals surface area contributed by atoms with Crippen LogP contribution >= 0.6 is 0 Å². The third-order valence-corrected chi connectivity index (χ3v) is 4.70. The van der Waals surface area contributed by atoms with Crippen LogP contribution in [-0.2, 0) is 4.79 Å². The quantitative estimate of drug-likeness (QED) is 0.862. The van der Waals surface area contributed by atoms with E-state index in [1.54, 1.807) is 0 Å². The standard InChI is InChI=1S/C15H26F2N2O/c1-18-10-7-13-4-2-3-11-19(13)14(20)12-5-8-15(16,17)9-6-12/h12-13,18H,2-11H2,1H3. The lowest BCUT2D eigenvalue weighted by atomic mass is 9.85. The highest BCUT2D eigenvalue weighted by molar-refractivity contribution is 5.79. The molecule has 0 radical (unpaired) electrons. The minimum atomic E-state index is -2.55. The number of piperidine rings is 1. The molecule has 1 aliphatic heterocycles. The van der Waals surface area contributed by atoms with Gasteiger partial charge in [-0.3, -0.25) is 4.79 Å². The highest BCUT2D eigenvalue weighted by Crippen LogP contribution is 2.37. The molecule has 1 amide bonds. The first kappa shape index (κ1) is 15.7. The fourth-order valence-electron chi connectivity index (χ4n) is 3.42. The molecule has 116 valence electrons. The van der Waals surface area contributed by atoms with Gasteiger partial charge in [-0.15, -0.1) is 0 Å². The molecule has 3 nitrogen and oxygen atoms in total. The second kappa shape index (κ2) is 6.83. The van der Waals surface area contributed by atoms with Gasteiger partial charge in [0.05, 0.1) is 0 Å². The predicted octanol–water partition coefficient (Wildman–Crippen LogP) is 2.80. The van der Waals surface area contributed by atoms with E-state index in [0.29, 0.717) is 18.9 Å². The molecule has 0 spiro atoms.